The Hall–Kier alpha value is -0.580. The Labute approximate surface area is 62.8 Å². The third-order valence-corrected chi connectivity index (χ3v) is 1.22. The summed E-state index contributed by atoms with van der Waals surface area (Å²) in [7, 11) is 0. The molecule has 0 bridgehead atoms. The summed E-state index contributed by atoms with van der Waals surface area (Å²) in [5.41, 5.74) is 0. The summed E-state index contributed by atoms with van der Waals surface area (Å²) in [5.74, 6) is 0. The second kappa shape index (κ2) is 4.33. The van der Waals surface area contributed by atoms with Crippen LogP contribution in [-0.2, 0) is 4.79 Å². The molecule has 0 aromatic rings. The van der Waals surface area contributed by atoms with E-state index in [1.165, 1.54) is 13.2 Å². The Balaban J connectivity index is 3.85. The average molecular weight is 168 g/mol. The summed E-state index contributed by atoms with van der Waals surface area (Å²) in [6.45, 7) is 1.02. The van der Waals surface area contributed by atoms with Gasteiger partial charge in [-0.1, -0.05) is 6.92 Å². The maximum Gasteiger partial charge on any atom is 0.403 e. The molecule has 0 saturated heterocycles. The van der Waals surface area contributed by atoms with Crippen LogP contribution >= 0.6 is 0 Å². The number of carbonyl (C=O) groups excluding carboxylic acids is 1. The van der Waals surface area contributed by atoms with Crippen LogP contribution in [0.4, 0.5) is 13.2 Å². The second-order valence-corrected chi connectivity index (χ2v) is 2.03. The summed E-state index contributed by atoms with van der Waals surface area (Å²) < 4.78 is 35.6. The van der Waals surface area contributed by atoms with Gasteiger partial charge in [0, 0.05) is 0 Å². The van der Waals surface area contributed by atoms with Crippen molar-refractivity contribution in [1.29, 1.82) is 0 Å². The van der Waals surface area contributed by atoms with Crippen molar-refractivity contribution in [2.24, 2.45) is 0 Å². The van der Waals surface area contributed by atoms with Gasteiger partial charge < -0.3 is 0 Å². The highest BCUT2D eigenvalue weighted by Crippen LogP contribution is 2.21. The lowest BCUT2D eigenvalue weighted by Gasteiger charge is -2.18. The van der Waals surface area contributed by atoms with Gasteiger partial charge in [-0.25, -0.2) is 0 Å². The summed E-state index contributed by atoms with van der Waals surface area (Å²) in [5, 5.41) is 2.01. The Morgan fingerprint density at radius 3 is 2.36 bits per heavy atom. The van der Waals surface area contributed by atoms with Crippen molar-refractivity contribution in [3.8, 4) is 0 Å². The number of nitrogens with one attached hydrogen (secondary N) is 1. The van der Waals surface area contributed by atoms with E-state index in [1.807, 2.05) is 5.32 Å². The van der Waals surface area contributed by atoms with Gasteiger partial charge in [-0.15, -0.1) is 0 Å². The number of hydrogen-bond donors (Lipinski definition) is 1. The van der Waals surface area contributed by atoms with Crippen LogP contribution < -0.4 is 5.32 Å². The van der Waals surface area contributed by atoms with Gasteiger partial charge in [0.05, 0.1) is 6.54 Å². The quantitative estimate of drug-likeness (QED) is 0.679. The van der Waals surface area contributed by atoms with Crippen molar-refractivity contribution in [2.75, 3.05) is 6.54 Å². The van der Waals surface area contributed by atoms with Gasteiger partial charge >= 0.3 is 6.18 Å². The van der Waals surface area contributed by atoms with E-state index >= 15 is 0 Å². The fourth-order valence-corrected chi connectivity index (χ4v) is 0.656. The molecule has 2 nitrogen and oxygen atoms in total. The monoisotopic (exact) mass is 168 g/mol. The predicted molar refractivity (Wildman–Crippen MR) is 33.8 cm³/mol. The van der Waals surface area contributed by atoms with Gasteiger partial charge in [0.15, 0.2) is 0 Å². The molecule has 0 saturated carbocycles. The molecule has 0 spiro atoms. The van der Waals surface area contributed by atoms with Crippen molar-refractivity contribution < 1.29 is 18.0 Å². The zero-order valence-corrected chi connectivity index (χ0v) is 6.03. The summed E-state index contributed by atoms with van der Waals surface area (Å²) in [4.78, 5) is 9.60. The van der Waals surface area contributed by atoms with E-state index in [9.17, 15) is 18.0 Å². The van der Waals surface area contributed by atoms with E-state index in [1.54, 1.807) is 0 Å². The number of alkyl halides is 3. The Morgan fingerprint density at radius 2 is 2.09 bits per heavy atom. The highest BCUT2D eigenvalue weighted by atomic mass is 19.4. The van der Waals surface area contributed by atoms with E-state index in [-0.39, 0.29) is 13.0 Å². The largest absolute Gasteiger partial charge is 0.403 e. The third kappa shape index (κ3) is 3.98. The first-order valence-corrected chi connectivity index (χ1v) is 3.17. The molecule has 0 fully saturated rings. The molecular weight excluding hydrogens is 159 g/mol. The molecule has 65 valence electrons. The molecule has 0 aliphatic carbocycles. The average Bonchev–Trinajstić information content (AvgIpc) is 1.87. The molecule has 1 N–H and O–H groups in total. The van der Waals surface area contributed by atoms with Crippen molar-refractivity contribution >= 4 is 6.29 Å². The van der Waals surface area contributed by atoms with Crippen LogP contribution in [0.15, 0.2) is 0 Å². The first kappa shape index (κ1) is 10.4. The fraction of sp³-hybridized carbons (Fsp3) is 0.833. The van der Waals surface area contributed by atoms with Crippen LogP contribution in [0.1, 0.15) is 13.3 Å². The SMILES string of the molecule is CC[C@@H](NC[C]=O)C(F)(F)F. The number of halogens is 3. The minimum absolute atomic E-state index is 0.0782. The highest BCUT2D eigenvalue weighted by molar-refractivity contribution is 5.52. The Kier molecular flexibility index (Phi) is 4.10. The minimum atomic E-state index is -4.27. The van der Waals surface area contributed by atoms with Crippen molar-refractivity contribution in [1.82, 2.24) is 5.32 Å². The Morgan fingerprint density at radius 1 is 1.55 bits per heavy atom. The molecular formula is C6H9F3NO. The topological polar surface area (TPSA) is 29.1 Å². The molecule has 1 atom stereocenters. The van der Waals surface area contributed by atoms with E-state index < -0.39 is 12.2 Å². The molecule has 0 unspecified atom stereocenters. The highest BCUT2D eigenvalue weighted by Gasteiger charge is 2.37. The van der Waals surface area contributed by atoms with Gasteiger partial charge in [-0.3, -0.25) is 10.1 Å². The molecule has 5 heteroatoms. The Bertz CT molecular complexity index is 123. The molecule has 0 heterocycles. The smallest absolute Gasteiger partial charge is 0.299 e. The van der Waals surface area contributed by atoms with Crippen LogP contribution in [0.2, 0.25) is 0 Å². The first-order valence-electron chi connectivity index (χ1n) is 3.17. The predicted octanol–water partition coefficient (Wildman–Crippen LogP) is 1.03. The maximum absolute atomic E-state index is 11.9. The lowest BCUT2D eigenvalue weighted by atomic mass is 10.2. The zero-order chi connectivity index (χ0) is 8.91. The molecule has 11 heavy (non-hydrogen) atoms. The van der Waals surface area contributed by atoms with E-state index in [0.29, 0.717) is 0 Å². The normalized spacial score (nSPS) is 14.5. The van der Waals surface area contributed by atoms with E-state index in [4.69, 9.17) is 0 Å². The lowest BCUT2D eigenvalue weighted by molar-refractivity contribution is -0.155. The van der Waals surface area contributed by atoms with Gasteiger partial charge in [-0.05, 0) is 6.42 Å². The third-order valence-electron chi connectivity index (χ3n) is 1.22. The maximum atomic E-state index is 11.9. The van der Waals surface area contributed by atoms with Crippen molar-refractivity contribution in [3.63, 3.8) is 0 Å². The molecule has 1 radical (unpaired) electrons. The second-order valence-electron chi connectivity index (χ2n) is 2.03. The summed E-state index contributed by atoms with van der Waals surface area (Å²) in [6, 6.07) is -1.59. The van der Waals surface area contributed by atoms with E-state index in [0.717, 1.165) is 0 Å². The summed E-state index contributed by atoms with van der Waals surface area (Å²) >= 11 is 0. The molecule has 0 rings (SSSR count). The van der Waals surface area contributed by atoms with Crippen LogP contribution in [0.3, 0.4) is 0 Å². The lowest BCUT2D eigenvalue weighted by Crippen LogP contribution is -2.42. The van der Waals surface area contributed by atoms with Crippen LogP contribution in [0, 0.1) is 0 Å². The van der Waals surface area contributed by atoms with Crippen molar-refractivity contribution in [3.05, 3.63) is 0 Å². The summed E-state index contributed by atoms with van der Waals surface area (Å²) in [6.07, 6.45) is -3.01. The standard InChI is InChI=1S/C6H9F3NO/c1-2-5(6(7,8)9)10-3-4-11/h5,10H,2-3H2,1H3/t5-/m1/s1. The van der Waals surface area contributed by atoms with Crippen LogP contribution in [0.25, 0.3) is 0 Å². The fourth-order valence-electron chi connectivity index (χ4n) is 0.656. The minimum Gasteiger partial charge on any atom is -0.299 e. The van der Waals surface area contributed by atoms with Crippen molar-refractivity contribution in [2.45, 2.75) is 25.6 Å². The molecule has 0 aliphatic rings. The molecule has 0 amide bonds. The van der Waals surface area contributed by atoms with Gasteiger partial charge in [0.25, 0.3) is 0 Å². The number of hydrogen-bond acceptors (Lipinski definition) is 2. The molecule has 0 aromatic carbocycles. The molecule has 0 aliphatic heterocycles. The van der Waals surface area contributed by atoms with Crippen LogP contribution in [-0.4, -0.2) is 25.0 Å². The van der Waals surface area contributed by atoms with Crippen LogP contribution in [0.5, 0.6) is 0 Å². The van der Waals surface area contributed by atoms with Gasteiger partial charge in [0.2, 0.25) is 6.29 Å². The molecule has 0 aromatic heterocycles. The number of rotatable bonds is 4. The van der Waals surface area contributed by atoms with E-state index in [2.05, 4.69) is 0 Å². The van der Waals surface area contributed by atoms with Gasteiger partial charge in [0.1, 0.15) is 6.04 Å². The zero-order valence-electron chi connectivity index (χ0n) is 6.03. The van der Waals surface area contributed by atoms with Gasteiger partial charge in [-0.2, -0.15) is 13.2 Å². The first-order chi connectivity index (χ1) is 5.02.